The Bertz CT molecular complexity index is 1250. The predicted molar refractivity (Wildman–Crippen MR) is 147 cm³/mol. The lowest BCUT2D eigenvalue weighted by atomic mass is 10.2. The molecule has 1 aliphatic rings. The average molecular weight is 561 g/mol. The first kappa shape index (κ1) is 29.1. The number of nitrogens with one attached hydrogen (secondary N) is 1. The highest BCUT2D eigenvalue weighted by atomic mass is 35.5. The largest absolute Gasteiger partial charge is 0.493 e. The topological polar surface area (TPSA) is 111 Å². The van der Waals surface area contributed by atoms with Crippen molar-refractivity contribution in [1.82, 2.24) is 4.90 Å². The summed E-state index contributed by atoms with van der Waals surface area (Å²) in [6, 6.07) is 9.57. The molecule has 0 saturated carbocycles. The Morgan fingerprint density at radius 3 is 2.55 bits per heavy atom. The Morgan fingerprint density at radius 2 is 1.84 bits per heavy atom. The molecule has 1 heterocycles. The van der Waals surface area contributed by atoms with Gasteiger partial charge in [0.2, 0.25) is 5.91 Å². The fourth-order valence-corrected chi connectivity index (χ4v) is 4.42. The van der Waals surface area contributed by atoms with Crippen LogP contribution in [0.4, 0.5) is 10.5 Å². The zero-order valence-electron chi connectivity index (χ0n) is 21.4. The molecule has 2 aromatic rings. The van der Waals surface area contributed by atoms with Crippen molar-refractivity contribution in [2.24, 2.45) is 0 Å². The van der Waals surface area contributed by atoms with Crippen LogP contribution in [0.1, 0.15) is 49.0 Å². The van der Waals surface area contributed by atoms with Gasteiger partial charge in [0.25, 0.3) is 11.1 Å². The van der Waals surface area contributed by atoms with E-state index in [1.54, 1.807) is 24.3 Å². The van der Waals surface area contributed by atoms with Gasteiger partial charge in [0, 0.05) is 5.69 Å². The standard InChI is InChI=1S/C27H29ClN2O7S/c1-4-6-12-36-21-10-7-17(13-22(21)35-3)14-23-25(32)30(27(34)38-23)16-24(31)29-18-8-9-20(28)19(15-18)26(33)37-11-5-2/h7-10,13-15H,4-6,11-12,16H2,1-3H3,(H,29,31)/b23-14-. The minimum absolute atomic E-state index is 0.101. The SMILES string of the molecule is CCCCOc1ccc(/C=C2\SC(=O)N(CC(=O)Nc3ccc(Cl)c(C(=O)OCCC)c3)C2=O)cc1OC. The number of amides is 3. The molecule has 0 unspecified atom stereocenters. The van der Waals surface area contributed by atoms with Crippen LogP contribution < -0.4 is 14.8 Å². The van der Waals surface area contributed by atoms with Crippen LogP contribution in [0.5, 0.6) is 11.5 Å². The molecule has 0 bridgehead atoms. The molecule has 1 aliphatic heterocycles. The van der Waals surface area contributed by atoms with E-state index in [-0.39, 0.29) is 27.8 Å². The number of halogens is 1. The number of imide groups is 1. The van der Waals surface area contributed by atoms with E-state index in [1.807, 2.05) is 6.92 Å². The number of hydrogen-bond donors (Lipinski definition) is 1. The molecule has 11 heteroatoms. The first-order valence-electron chi connectivity index (χ1n) is 12.1. The molecule has 0 aliphatic carbocycles. The number of benzene rings is 2. The number of methoxy groups -OCH3 is 1. The summed E-state index contributed by atoms with van der Waals surface area (Å²) >= 11 is 6.83. The summed E-state index contributed by atoms with van der Waals surface area (Å²) in [6.07, 6.45) is 4.13. The van der Waals surface area contributed by atoms with Crippen molar-refractivity contribution in [3.05, 3.63) is 57.5 Å². The molecular formula is C27H29ClN2O7S. The molecule has 9 nitrogen and oxygen atoms in total. The van der Waals surface area contributed by atoms with Gasteiger partial charge in [-0.25, -0.2) is 4.79 Å². The van der Waals surface area contributed by atoms with Gasteiger partial charge in [-0.15, -0.1) is 0 Å². The summed E-state index contributed by atoms with van der Waals surface area (Å²) in [5.74, 6) is -0.709. The van der Waals surface area contributed by atoms with E-state index >= 15 is 0 Å². The third-order valence-electron chi connectivity index (χ3n) is 5.32. The lowest BCUT2D eigenvalue weighted by Crippen LogP contribution is -2.36. The number of thioether (sulfide) groups is 1. The lowest BCUT2D eigenvalue weighted by molar-refractivity contribution is -0.127. The van der Waals surface area contributed by atoms with E-state index in [9.17, 15) is 19.2 Å². The van der Waals surface area contributed by atoms with Crippen LogP contribution in [0.15, 0.2) is 41.3 Å². The zero-order chi connectivity index (χ0) is 27.7. The van der Waals surface area contributed by atoms with Crippen LogP contribution in [-0.2, 0) is 14.3 Å². The minimum atomic E-state index is -0.612. The summed E-state index contributed by atoms with van der Waals surface area (Å²) in [5, 5.41) is 2.20. The van der Waals surface area contributed by atoms with Crippen LogP contribution in [-0.4, -0.2) is 54.8 Å². The Balaban J connectivity index is 1.67. The molecule has 3 amide bonds. The van der Waals surface area contributed by atoms with Crippen molar-refractivity contribution in [2.75, 3.05) is 32.2 Å². The first-order valence-corrected chi connectivity index (χ1v) is 13.3. The van der Waals surface area contributed by atoms with E-state index in [1.165, 1.54) is 25.3 Å². The summed E-state index contributed by atoms with van der Waals surface area (Å²) in [7, 11) is 1.52. The fourth-order valence-electron chi connectivity index (χ4n) is 3.38. The molecule has 38 heavy (non-hydrogen) atoms. The van der Waals surface area contributed by atoms with Crippen LogP contribution in [0, 0.1) is 0 Å². The number of esters is 1. The molecule has 2 aromatic carbocycles. The lowest BCUT2D eigenvalue weighted by Gasteiger charge is -2.13. The van der Waals surface area contributed by atoms with Crippen molar-refractivity contribution in [2.45, 2.75) is 33.1 Å². The number of hydrogen-bond acceptors (Lipinski definition) is 8. The number of unbranched alkanes of at least 4 members (excludes halogenated alkanes) is 1. The van der Waals surface area contributed by atoms with Gasteiger partial charge in [0.05, 0.1) is 35.8 Å². The normalized spacial score (nSPS) is 14.1. The Morgan fingerprint density at radius 1 is 1.05 bits per heavy atom. The summed E-state index contributed by atoms with van der Waals surface area (Å²) in [4.78, 5) is 51.3. The van der Waals surface area contributed by atoms with Crippen molar-refractivity contribution in [3.63, 3.8) is 0 Å². The van der Waals surface area contributed by atoms with Crippen molar-refractivity contribution < 1.29 is 33.4 Å². The third kappa shape index (κ3) is 7.52. The fraction of sp³-hybridized carbons (Fsp3) is 0.333. The smallest absolute Gasteiger partial charge is 0.339 e. The van der Waals surface area contributed by atoms with E-state index < -0.39 is 29.6 Å². The maximum absolute atomic E-state index is 12.9. The minimum Gasteiger partial charge on any atom is -0.493 e. The second kappa shape index (κ2) is 13.9. The van der Waals surface area contributed by atoms with Gasteiger partial charge in [0.1, 0.15) is 6.54 Å². The summed E-state index contributed by atoms with van der Waals surface area (Å²) < 4.78 is 16.2. The number of carbonyl (C=O) groups excluding carboxylic acids is 4. The Labute approximate surface area is 230 Å². The van der Waals surface area contributed by atoms with E-state index in [0.717, 1.165) is 29.5 Å². The monoisotopic (exact) mass is 560 g/mol. The zero-order valence-corrected chi connectivity index (χ0v) is 22.9. The average Bonchev–Trinajstić information content (AvgIpc) is 3.16. The molecule has 202 valence electrons. The third-order valence-corrected chi connectivity index (χ3v) is 6.56. The van der Waals surface area contributed by atoms with Gasteiger partial charge in [-0.3, -0.25) is 19.3 Å². The van der Waals surface area contributed by atoms with E-state index in [4.69, 9.17) is 25.8 Å². The van der Waals surface area contributed by atoms with E-state index in [0.29, 0.717) is 30.1 Å². The molecule has 1 fully saturated rings. The molecule has 1 N–H and O–H groups in total. The van der Waals surface area contributed by atoms with Gasteiger partial charge in [0.15, 0.2) is 11.5 Å². The number of rotatable bonds is 12. The van der Waals surface area contributed by atoms with Crippen molar-refractivity contribution in [1.29, 1.82) is 0 Å². The Kier molecular flexibility index (Phi) is 10.6. The maximum atomic E-state index is 12.9. The second-order valence-corrected chi connectivity index (χ2v) is 9.66. The maximum Gasteiger partial charge on any atom is 0.339 e. The van der Waals surface area contributed by atoms with E-state index in [2.05, 4.69) is 12.2 Å². The highest BCUT2D eigenvalue weighted by molar-refractivity contribution is 8.18. The van der Waals surface area contributed by atoms with Gasteiger partial charge >= 0.3 is 5.97 Å². The quantitative estimate of drug-likeness (QED) is 0.198. The molecule has 1 saturated heterocycles. The van der Waals surface area contributed by atoms with Gasteiger partial charge in [-0.05, 0) is 66.6 Å². The van der Waals surface area contributed by atoms with Gasteiger partial charge in [-0.2, -0.15) is 0 Å². The second-order valence-electron chi connectivity index (χ2n) is 8.26. The van der Waals surface area contributed by atoms with Gasteiger partial charge in [-0.1, -0.05) is 37.9 Å². The number of anilines is 1. The van der Waals surface area contributed by atoms with Crippen LogP contribution in [0.25, 0.3) is 6.08 Å². The van der Waals surface area contributed by atoms with Crippen molar-refractivity contribution in [3.8, 4) is 11.5 Å². The molecule has 0 aromatic heterocycles. The molecule has 0 radical (unpaired) electrons. The van der Waals surface area contributed by atoms with Crippen LogP contribution >= 0.6 is 23.4 Å². The highest BCUT2D eigenvalue weighted by Crippen LogP contribution is 2.34. The molecule has 0 spiro atoms. The summed E-state index contributed by atoms with van der Waals surface area (Å²) in [5.41, 5.74) is 1.02. The predicted octanol–water partition coefficient (Wildman–Crippen LogP) is 5.77. The summed E-state index contributed by atoms with van der Waals surface area (Å²) in [6.45, 7) is 4.24. The Hall–Kier alpha value is -3.50. The number of carbonyl (C=O) groups is 4. The number of ether oxygens (including phenoxy) is 3. The number of nitrogens with zero attached hydrogens (tertiary/aromatic N) is 1. The van der Waals surface area contributed by atoms with Crippen LogP contribution in [0.3, 0.4) is 0 Å². The van der Waals surface area contributed by atoms with Gasteiger partial charge < -0.3 is 19.5 Å². The molecule has 0 atom stereocenters. The van der Waals surface area contributed by atoms with Crippen molar-refractivity contribution >= 4 is 58.1 Å². The highest BCUT2D eigenvalue weighted by Gasteiger charge is 2.36. The molecule has 3 rings (SSSR count). The van der Waals surface area contributed by atoms with Crippen LogP contribution in [0.2, 0.25) is 5.02 Å². The first-order chi connectivity index (χ1) is 18.3. The molecular weight excluding hydrogens is 532 g/mol.